The molecule has 0 saturated carbocycles. The van der Waals surface area contributed by atoms with E-state index in [1.165, 1.54) is 33.0 Å². The standard InChI is InChI=1S/C29H24O.2C2H6/c1-18(2)16-23-20(4)11-14-25-28(23)27(22-8-6-5-7-9-22)29-24-17-19(3)10-12-21(24)13-15-26(29)30-25;2*1-2/h5-17,27H,1,4H2,2-3H3;2*1-2H3/b23-16+;;. The van der Waals surface area contributed by atoms with Gasteiger partial charge in [-0.15, -0.1) is 0 Å². The van der Waals surface area contributed by atoms with Crippen molar-refractivity contribution in [2.45, 2.75) is 47.5 Å². The molecule has 0 bridgehead atoms. The minimum absolute atomic E-state index is 0.0581. The molecule has 4 aromatic rings. The first-order valence-electron chi connectivity index (χ1n) is 12.3. The molecular formula is C33H36O. The Labute approximate surface area is 204 Å². The van der Waals surface area contributed by atoms with Gasteiger partial charge in [-0.2, -0.15) is 0 Å². The van der Waals surface area contributed by atoms with Gasteiger partial charge in [0.2, 0.25) is 0 Å². The highest BCUT2D eigenvalue weighted by atomic mass is 16.5. The average Bonchev–Trinajstić information content (AvgIpc) is 2.87. The van der Waals surface area contributed by atoms with Crippen molar-refractivity contribution in [1.82, 2.24) is 0 Å². The van der Waals surface area contributed by atoms with Crippen LogP contribution in [0.25, 0.3) is 23.4 Å². The van der Waals surface area contributed by atoms with Crippen LogP contribution in [0, 0.1) is 6.92 Å². The van der Waals surface area contributed by atoms with E-state index in [-0.39, 0.29) is 5.92 Å². The first-order valence-corrected chi connectivity index (χ1v) is 12.3. The molecule has 0 radical (unpaired) electrons. The lowest BCUT2D eigenvalue weighted by atomic mass is 9.79. The summed E-state index contributed by atoms with van der Waals surface area (Å²) in [4.78, 5) is 0. The lowest BCUT2D eigenvalue weighted by Crippen LogP contribution is -2.32. The van der Waals surface area contributed by atoms with Crippen LogP contribution in [-0.2, 0) is 0 Å². The molecule has 0 amide bonds. The Bertz CT molecular complexity index is 1410. The van der Waals surface area contributed by atoms with E-state index in [0.29, 0.717) is 0 Å². The summed E-state index contributed by atoms with van der Waals surface area (Å²) in [6, 6.07) is 25.7. The van der Waals surface area contributed by atoms with Gasteiger partial charge in [0, 0.05) is 17.0 Å². The number of aryl methyl sites for hydroxylation is 1. The van der Waals surface area contributed by atoms with Gasteiger partial charge in [0.1, 0.15) is 11.5 Å². The largest absolute Gasteiger partial charge is 0.457 e. The fourth-order valence-electron chi connectivity index (χ4n) is 4.53. The van der Waals surface area contributed by atoms with E-state index >= 15 is 0 Å². The molecule has 0 saturated heterocycles. The SMILES string of the molecule is C=C(C)/C=c1/c2c(ccc1=C)Oc1ccc3ccc(C)cc3c1C2c1ccccc1.CC.CC. The van der Waals surface area contributed by atoms with Gasteiger partial charge in [-0.1, -0.05) is 119 Å². The zero-order chi connectivity index (χ0) is 24.8. The first-order chi connectivity index (χ1) is 16.5. The third kappa shape index (κ3) is 4.70. The number of rotatable bonds is 2. The van der Waals surface area contributed by atoms with Crippen LogP contribution in [0.1, 0.15) is 62.8 Å². The number of benzene rings is 4. The first kappa shape index (κ1) is 25.1. The summed E-state index contributed by atoms with van der Waals surface area (Å²) < 4.78 is 6.48. The molecule has 1 heterocycles. The molecule has 0 fully saturated rings. The smallest absolute Gasteiger partial charge is 0.132 e. The lowest BCUT2D eigenvalue weighted by molar-refractivity contribution is 0.453. The summed E-state index contributed by atoms with van der Waals surface area (Å²) >= 11 is 0. The van der Waals surface area contributed by atoms with Gasteiger partial charge < -0.3 is 4.74 Å². The third-order valence-electron chi connectivity index (χ3n) is 5.84. The minimum atomic E-state index is 0.0581. The van der Waals surface area contributed by atoms with Crippen molar-refractivity contribution in [3.63, 3.8) is 0 Å². The molecule has 1 unspecified atom stereocenters. The number of hydrogen-bond acceptors (Lipinski definition) is 1. The summed E-state index contributed by atoms with van der Waals surface area (Å²) in [6.07, 6.45) is 2.13. The van der Waals surface area contributed by atoms with Gasteiger partial charge in [-0.25, -0.2) is 0 Å². The molecule has 1 atom stereocenters. The molecule has 1 aliphatic heterocycles. The normalized spacial score (nSPS) is 13.9. The van der Waals surface area contributed by atoms with Gasteiger partial charge in [-0.3, -0.25) is 0 Å². The Hall–Kier alpha value is -3.58. The quantitative estimate of drug-likeness (QED) is 0.264. The van der Waals surface area contributed by atoms with Crippen molar-refractivity contribution in [2.24, 2.45) is 0 Å². The number of fused-ring (bicyclic) bond motifs is 4. The highest BCUT2D eigenvalue weighted by molar-refractivity contribution is 5.91. The van der Waals surface area contributed by atoms with Gasteiger partial charge in [0.05, 0.1) is 0 Å². The molecule has 1 aliphatic rings. The molecule has 0 aliphatic carbocycles. The van der Waals surface area contributed by atoms with Gasteiger partial charge >= 0.3 is 0 Å². The van der Waals surface area contributed by atoms with Crippen LogP contribution in [0.15, 0.2) is 84.9 Å². The summed E-state index contributed by atoms with van der Waals surface area (Å²) in [7, 11) is 0. The summed E-state index contributed by atoms with van der Waals surface area (Å²) in [5, 5.41) is 4.55. The predicted molar refractivity (Wildman–Crippen MR) is 149 cm³/mol. The molecular weight excluding hydrogens is 412 g/mol. The fraction of sp³-hybridized carbons (Fsp3) is 0.212. The topological polar surface area (TPSA) is 9.23 Å². The molecule has 0 spiro atoms. The molecule has 5 rings (SSSR count). The van der Waals surface area contributed by atoms with E-state index in [0.717, 1.165) is 27.5 Å². The lowest BCUT2D eigenvalue weighted by Gasteiger charge is -2.31. The number of allylic oxidation sites excluding steroid dienone is 1. The maximum Gasteiger partial charge on any atom is 0.132 e. The van der Waals surface area contributed by atoms with Gasteiger partial charge in [0.25, 0.3) is 0 Å². The molecule has 0 aromatic heterocycles. The van der Waals surface area contributed by atoms with Crippen LogP contribution in [0.2, 0.25) is 0 Å². The van der Waals surface area contributed by atoms with E-state index in [4.69, 9.17) is 4.74 Å². The van der Waals surface area contributed by atoms with Crippen molar-refractivity contribution >= 4 is 23.4 Å². The maximum atomic E-state index is 6.48. The van der Waals surface area contributed by atoms with Crippen molar-refractivity contribution in [1.29, 1.82) is 0 Å². The fourth-order valence-corrected chi connectivity index (χ4v) is 4.53. The van der Waals surface area contributed by atoms with Crippen molar-refractivity contribution in [3.05, 3.63) is 118 Å². The monoisotopic (exact) mass is 448 g/mol. The second-order valence-electron chi connectivity index (χ2n) is 8.19. The molecule has 1 nitrogen and oxygen atoms in total. The van der Waals surface area contributed by atoms with Crippen LogP contribution in [0.4, 0.5) is 0 Å². The maximum absolute atomic E-state index is 6.48. The highest BCUT2D eigenvalue weighted by Gasteiger charge is 2.31. The van der Waals surface area contributed by atoms with E-state index in [1.54, 1.807) is 0 Å². The number of ether oxygens (including phenoxy) is 1. The summed E-state index contributed by atoms with van der Waals surface area (Å²) in [5.74, 6) is 1.87. The van der Waals surface area contributed by atoms with E-state index < -0.39 is 0 Å². The Morgan fingerprint density at radius 2 is 1.44 bits per heavy atom. The Kier molecular flexibility index (Phi) is 8.12. The second-order valence-corrected chi connectivity index (χ2v) is 8.19. The zero-order valence-corrected chi connectivity index (χ0v) is 21.4. The van der Waals surface area contributed by atoms with Gasteiger partial charge in [0.15, 0.2) is 0 Å². The summed E-state index contributed by atoms with van der Waals surface area (Å²) in [5.41, 5.74) is 5.88. The molecule has 174 valence electrons. The Balaban J connectivity index is 0.000000771. The molecule has 4 aromatic carbocycles. The number of hydrogen-bond donors (Lipinski definition) is 0. The van der Waals surface area contributed by atoms with Crippen LogP contribution >= 0.6 is 0 Å². The van der Waals surface area contributed by atoms with E-state index in [2.05, 4.69) is 86.8 Å². The van der Waals surface area contributed by atoms with Crippen molar-refractivity contribution in [3.8, 4) is 11.5 Å². The second kappa shape index (κ2) is 11.0. The average molecular weight is 449 g/mol. The zero-order valence-electron chi connectivity index (χ0n) is 21.4. The minimum Gasteiger partial charge on any atom is -0.457 e. The van der Waals surface area contributed by atoms with Crippen LogP contribution in [-0.4, -0.2) is 0 Å². The third-order valence-corrected chi connectivity index (χ3v) is 5.84. The van der Waals surface area contributed by atoms with Crippen molar-refractivity contribution in [2.75, 3.05) is 0 Å². The Morgan fingerprint density at radius 1 is 0.824 bits per heavy atom. The molecule has 34 heavy (non-hydrogen) atoms. The Morgan fingerprint density at radius 3 is 2.12 bits per heavy atom. The van der Waals surface area contributed by atoms with E-state index in [9.17, 15) is 0 Å². The van der Waals surface area contributed by atoms with Crippen LogP contribution in [0.3, 0.4) is 0 Å². The van der Waals surface area contributed by atoms with Gasteiger partial charge in [-0.05, 0) is 52.8 Å². The van der Waals surface area contributed by atoms with E-state index in [1.807, 2.05) is 46.8 Å². The highest BCUT2D eigenvalue weighted by Crippen LogP contribution is 2.48. The molecule has 1 heteroatoms. The summed E-state index contributed by atoms with van der Waals surface area (Å²) in [6.45, 7) is 20.6. The van der Waals surface area contributed by atoms with Crippen LogP contribution < -0.4 is 15.2 Å². The van der Waals surface area contributed by atoms with Crippen LogP contribution in [0.5, 0.6) is 11.5 Å². The van der Waals surface area contributed by atoms with Crippen molar-refractivity contribution < 1.29 is 4.74 Å². The predicted octanol–water partition coefficient (Wildman–Crippen LogP) is 8.25. The molecule has 0 N–H and O–H groups in total.